The van der Waals surface area contributed by atoms with Crippen LogP contribution < -0.4 is 10.1 Å². The van der Waals surface area contributed by atoms with E-state index in [-0.39, 0.29) is 5.02 Å². The molecule has 2 aromatic rings. The van der Waals surface area contributed by atoms with E-state index in [4.69, 9.17) is 20.8 Å². The highest BCUT2D eigenvalue weighted by atomic mass is 35.5. The lowest BCUT2D eigenvalue weighted by molar-refractivity contribution is 0.270. The largest absolute Gasteiger partial charge is 0.486 e. The van der Waals surface area contributed by atoms with Crippen LogP contribution in [0.5, 0.6) is 5.75 Å². The van der Waals surface area contributed by atoms with Crippen molar-refractivity contribution in [2.24, 2.45) is 0 Å². The van der Waals surface area contributed by atoms with Crippen LogP contribution in [0.25, 0.3) is 0 Å². The Morgan fingerprint density at radius 3 is 2.95 bits per heavy atom. The van der Waals surface area contributed by atoms with Crippen molar-refractivity contribution >= 4 is 11.6 Å². The van der Waals surface area contributed by atoms with Crippen molar-refractivity contribution in [2.75, 3.05) is 0 Å². The normalized spacial score (nSPS) is 14.5. The molecule has 0 atom stereocenters. The zero-order valence-corrected chi connectivity index (χ0v) is 11.6. The Kier molecular flexibility index (Phi) is 3.94. The van der Waals surface area contributed by atoms with E-state index < -0.39 is 5.82 Å². The number of ether oxygens (including phenoxy) is 1. The summed E-state index contributed by atoms with van der Waals surface area (Å²) >= 11 is 5.69. The monoisotopic (exact) mass is 295 g/mol. The average Bonchev–Trinajstić information content (AvgIpc) is 3.16. The van der Waals surface area contributed by atoms with Crippen molar-refractivity contribution in [3.63, 3.8) is 0 Å². The summed E-state index contributed by atoms with van der Waals surface area (Å²) in [6, 6.07) is 6.91. The van der Waals surface area contributed by atoms with E-state index in [2.05, 4.69) is 5.32 Å². The van der Waals surface area contributed by atoms with Crippen molar-refractivity contribution < 1.29 is 13.5 Å². The van der Waals surface area contributed by atoms with Gasteiger partial charge in [-0.15, -0.1) is 0 Å². The predicted octanol–water partition coefficient (Wildman–Crippen LogP) is 3.90. The Bertz CT molecular complexity index is 595. The van der Waals surface area contributed by atoms with E-state index in [1.165, 1.54) is 25.0 Å². The second kappa shape index (κ2) is 5.85. The molecule has 1 aromatic heterocycles. The van der Waals surface area contributed by atoms with E-state index in [9.17, 15) is 4.39 Å². The van der Waals surface area contributed by atoms with Gasteiger partial charge in [-0.3, -0.25) is 0 Å². The molecule has 1 aromatic carbocycles. The minimum Gasteiger partial charge on any atom is -0.486 e. The van der Waals surface area contributed by atoms with Crippen LogP contribution in [0.4, 0.5) is 4.39 Å². The lowest BCUT2D eigenvalue weighted by atomic mass is 10.3. The molecule has 1 heterocycles. The van der Waals surface area contributed by atoms with Crippen LogP contribution in [-0.4, -0.2) is 6.04 Å². The van der Waals surface area contributed by atoms with Gasteiger partial charge in [-0.05, 0) is 31.0 Å². The van der Waals surface area contributed by atoms with Gasteiger partial charge >= 0.3 is 0 Å². The van der Waals surface area contributed by atoms with Gasteiger partial charge in [0.05, 0.1) is 11.3 Å². The number of rotatable bonds is 6. The van der Waals surface area contributed by atoms with Crippen LogP contribution in [0, 0.1) is 5.82 Å². The first kappa shape index (κ1) is 13.5. The SMILES string of the molecule is Fc1ccc(OCc2cc(CNC3CC3)co2)cc1Cl. The number of hydrogen-bond donors (Lipinski definition) is 1. The molecular formula is C15H15ClFNO2. The second-order valence-corrected chi connectivity index (χ2v) is 5.35. The highest BCUT2D eigenvalue weighted by Crippen LogP contribution is 2.22. The quantitative estimate of drug-likeness (QED) is 0.877. The van der Waals surface area contributed by atoms with Crippen molar-refractivity contribution in [1.82, 2.24) is 5.32 Å². The number of furan rings is 1. The Hall–Kier alpha value is -1.52. The molecular weight excluding hydrogens is 281 g/mol. The van der Waals surface area contributed by atoms with E-state index >= 15 is 0 Å². The Morgan fingerprint density at radius 1 is 1.35 bits per heavy atom. The predicted molar refractivity (Wildman–Crippen MR) is 74.3 cm³/mol. The fraction of sp³-hybridized carbons (Fsp3) is 0.333. The summed E-state index contributed by atoms with van der Waals surface area (Å²) < 4.78 is 23.9. The van der Waals surface area contributed by atoms with E-state index in [0.29, 0.717) is 18.4 Å². The third kappa shape index (κ3) is 3.52. The maximum absolute atomic E-state index is 13.0. The summed E-state index contributed by atoms with van der Waals surface area (Å²) in [5.41, 5.74) is 1.10. The first-order valence-corrected chi connectivity index (χ1v) is 6.96. The van der Waals surface area contributed by atoms with Gasteiger partial charge in [-0.1, -0.05) is 11.6 Å². The first-order chi connectivity index (χ1) is 9.70. The molecule has 0 spiro atoms. The fourth-order valence-corrected chi connectivity index (χ4v) is 2.04. The zero-order valence-electron chi connectivity index (χ0n) is 10.9. The van der Waals surface area contributed by atoms with Gasteiger partial charge in [0.1, 0.15) is 23.9 Å². The fourth-order valence-electron chi connectivity index (χ4n) is 1.87. The lowest BCUT2D eigenvalue weighted by Gasteiger charge is -2.04. The zero-order chi connectivity index (χ0) is 13.9. The maximum Gasteiger partial charge on any atom is 0.146 e. The molecule has 1 N–H and O–H groups in total. The van der Waals surface area contributed by atoms with Crippen LogP contribution in [0.1, 0.15) is 24.2 Å². The smallest absolute Gasteiger partial charge is 0.146 e. The molecule has 3 nitrogen and oxygen atoms in total. The van der Waals surface area contributed by atoms with E-state index in [0.717, 1.165) is 17.9 Å². The summed E-state index contributed by atoms with van der Waals surface area (Å²) in [4.78, 5) is 0. The average molecular weight is 296 g/mol. The summed E-state index contributed by atoms with van der Waals surface area (Å²) in [5.74, 6) is 0.800. The molecule has 1 fully saturated rings. The van der Waals surface area contributed by atoms with Gasteiger partial charge in [0.15, 0.2) is 0 Å². The molecule has 3 rings (SSSR count). The summed E-state index contributed by atoms with van der Waals surface area (Å²) in [6.45, 7) is 1.11. The summed E-state index contributed by atoms with van der Waals surface area (Å²) in [7, 11) is 0. The minimum atomic E-state index is -0.453. The number of nitrogens with one attached hydrogen (secondary N) is 1. The molecule has 0 unspecified atom stereocenters. The Balaban J connectivity index is 1.53. The molecule has 20 heavy (non-hydrogen) atoms. The topological polar surface area (TPSA) is 34.4 Å². The molecule has 106 valence electrons. The van der Waals surface area contributed by atoms with Crippen molar-refractivity contribution in [2.45, 2.75) is 32.0 Å². The van der Waals surface area contributed by atoms with Gasteiger partial charge in [0.2, 0.25) is 0 Å². The number of benzene rings is 1. The third-order valence-corrected chi connectivity index (χ3v) is 3.44. The third-order valence-electron chi connectivity index (χ3n) is 3.15. The molecule has 0 aliphatic heterocycles. The maximum atomic E-state index is 13.0. The molecule has 1 aliphatic rings. The van der Waals surface area contributed by atoms with Gasteiger partial charge in [-0.25, -0.2) is 4.39 Å². The Morgan fingerprint density at radius 2 is 2.20 bits per heavy atom. The minimum absolute atomic E-state index is 0.0521. The van der Waals surface area contributed by atoms with Crippen molar-refractivity contribution in [3.05, 3.63) is 52.7 Å². The molecule has 1 aliphatic carbocycles. The highest BCUT2D eigenvalue weighted by molar-refractivity contribution is 6.30. The van der Waals surface area contributed by atoms with Gasteiger partial charge in [0, 0.05) is 24.2 Å². The molecule has 1 saturated carbocycles. The van der Waals surface area contributed by atoms with Crippen molar-refractivity contribution in [3.8, 4) is 5.75 Å². The van der Waals surface area contributed by atoms with Crippen LogP contribution in [0.2, 0.25) is 5.02 Å². The lowest BCUT2D eigenvalue weighted by Crippen LogP contribution is -2.14. The van der Waals surface area contributed by atoms with Gasteiger partial charge in [0.25, 0.3) is 0 Å². The van der Waals surface area contributed by atoms with E-state index in [1.54, 1.807) is 12.3 Å². The second-order valence-electron chi connectivity index (χ2n) is 4.94. The molecule has 0 radical (unpaired) electrons. The summed E-state index contributed by atoms with van der Waals surface area (Å²) in [6.07, 6.45) is 4.25. The van der Waals surface area contributed by atoms with Crippen LogP contribution >= 0.6 is 11.6 Å². The van der Waals surface area contributed by atoms with Crippen LogP contribution in [-0.2, 0) is 13.2 Å². The van der Waals surface area contributed by atoms with Gasteiger partial charge in [-0.2, -0.15) is 0 Å². The van der Waals surface area contributed by atoms with Crippen molar-refractivity contribution in [1.29, 1.82) is 0 Å². The molecule has 0 saturated heterocycles. The van der Waals surface area contributed by atoms with Gasteiger partial charge < -0.3 is 14.5 Å². The number of hydrogen-bond acceptors (Lipinski definition) is 3. The van der Waals surface area contributed by atoms with Crippen LogP contribution in [0.15, 0.2) is 34.9 Å². The van der Waals surface area contributed by atoms with E-state index in [1.807, 2.05) is 6.07 Å². The summed E-state index contributed by atoms with van der Waals surface area (Å²) in [5, 5.41) is 3.47. The highest BCUT2D eigenvalue weighted by Gasteiger charge is 2.20. The molecule has 0 amide bonds. The number of halogens is 2. The molecule has 5 heteroatoms. The first-order valence-electron chi connectivity index (χ1n) is 6.58. The Labute approximate surface area is 121 Å². The van der Waals surface area contributed by atoms with Crippen LogP contribution in [0.3, 0.4) is 0 Å². The standard InChI is InChI=1S/C15H15ClFNO2/c16-14-6-12(3-4-15(14)17)20-9-13-5-10(8-19-13)7-18-11-1-2-11/h3-6,8,11,18H,1-2,7,9H2. The molecule has 0 bridgehead atoms.